The van der Waals surface area contributed by atoms with Crippen LogP contribution in [0.1, 0.15) is 48.0 Å². The molecule has 0 aliphatic carbocycles. The maximum absolute atomic E-state index is 12.2. The molecule has 3 N–H and O–H groups in total. The van der Waals surface area contributed by atoms with E-state index in [0.29, 0.717) is 47.9 Å². The molecule has 0 aliphatic heterocycles. The topological polar surface area (TPSA) is 143 Å². The third-order valence-electron chi connectivity index (χ3n) is 4.93. The van der Waals surface area contributed by atoms with E-state index in [1.165, 1.54) is 0 Å². The minimum atomic E-state index is -0.568. The molecule has 0 unspecified atom stereocenters. The monoisotopic (exact) mass is 479 g/mol. The molecule has 1 amide bonds. The standard InChI is InChI=1S/C21H30ClN7O4/c1-7-29-16-13(31-9-8-12(11(2)3)25-20(30)32-21(4,5)6)10-24-17(22)14(16)26-19(29)15-18(23)28-33-27-15/h10-12H,7-9H2,1-6H3,(H2,23,28)(H,25,30)/t12-/m1/s1. The molecule has 0 bridgehead atoms. The molecule has 1 atom stereocenters. The molecule has 0 saturated carbocycles. The molecule has 0 radical (unpaired) electrons. The van der Waals surface area contributed by atoms with Crippen LogP contribution >= 0.6 is 11.6 Å². The minimum absolute atomic E-state index is 0.125. The zero-order valence-electron chi connectivity index (χ0n) is 19.7. The molecular weight excluding hydrogens is 450 g/mol. The highest BCUT2D eigenvalue weighted by Gasteiger charge is 2.24. The summed E-state index contributed by atoms with van der Waals surface area (Å²) < 4.78 is 18.0. The smallest absolute Gasteiger partial charge is 0.407 e. The number of nitrogens with zero attached hydrogens (tertiary/aromatic N) is 5. The highest BCUT2D eigenvalue weighted by molar-refractivity contribution is 6.34. The summed E-state index contributed by atoms with van der Waals surface area (Å²) >= 11 is 6.31. The second-order valence-electron chi connectivity index (χ2n) is 8.92. The first-order valence-corrected chi connectivity index (χ1v) is 11.1. The maximum atomic E-state index is 12.2. The van der Waals surface area contributed by atoms with Crippen LogP contribution in [0.5, 0.6) is 5.75 Å². The van der Waals surface area contributed by atoms with Crippen LogP contribution in [0.15, 0.2) is 10.8 Å². The third-order valence-corrected chi connectivity index (χ3v) is 5.20. The fourth-order valence-corrected chi connectivity index (χ4v) is 3.54. The van der Waals surface area contributed by atoms with Crippen molar-refractivity contribution in [3.05, 3.63) is 11.3 Å². The van der Waals surface area contributed by atoms with Crippen LogP contribution in [0.4, 0.5) is 10.6 Å². The molecule has 3 rings (SSSR count). The Hall–Kier alpha value is -3.08. The number of carbonyl (C=O) groups is 1. The zero-order valence-corrected chi connectivity index (χ0v) is 20.4. The van der Waals surface area contributed by atoms with E-state index in [0.717, 1.165) is 0 Å². The van der Waals surface area contributed by atoms with E-state index in [-0.39, 0.29) is 22.9 Å². The van der Waals surface area contributed by atoms with Crippen LogP contribution in [-0.2, 0) is 11.3 Å². The van der Waals surface area contributed by atoms with Gasteiger partial charge in [-0.2, -0.15) is 0 Å². The number of imidazole rings is 1. The van der Waals surface area contributed by atoms with Crippen molar-refractivity contribution >= 4 is 34.5 Å². The summed E-state index contributed by atoms with van der Waals surface area (Å²) in [4.78, 5) is 21.0. The van der Waals surface area contributed by atoms with E-state index in [4.69, 9.17) is 31.4 Å². The third kappa shape index (κ3) is 5.65. The van der Waals surface area contributed by atoms with Crippen molar-refractivity contribution in [2.24, 2.45) is 5.92 Å². The molecular formula is C21H30ClN7O4. The maximum Gasteiger partial charge on any atom is 0.407 e. The van der Waals surface area contributed by atoms with Crippen molar-refractivity contribution in [1.82, 2.24) is 30.2 Å². The lowest BCUT2D eigenvalue weighted by atomic mass is 10.0. The number of amides is 1. The largest absolute Gasteiger partial charge is 0.490 e. The van der Waals surface area contributed by atoms with Gasteiger partial charge in [-0.05, 0) is 43.9 Å². The van der Waals surface area contributed by atoms with Crippen molar-refractivity contribution in [2.75, 3.05) is 12.3 Å². The van der Waals surface area contributed by atoms with E-state index in [2.05, 4.69) is 25.6 Å². The molecule has 180 valence electrons. The molecule has 3 heterocycles. The first-order chi connectivity index (χ1) is 15.5. The zero-order chi connectivity index (χ0) is 24.3. The first-order valence-electron chi connectivity index (χ1n) is 10.8. The predicted octanol–water partition coefficient (Wildman–Crippen LogP) is 4.06. The van der Waals surface area contributed by atoms with Gasteiger partial charge in [-0.1, -0.05) is 25.4 Å². The predicted molar refractivity (Wildman–Crippen MR) is 124 cm³/mol. The summed E-state index contributed by atoms with van der Waals surface area (Å²) in [7, 11) is 0. The van der Waals surface area contributed by atoms with Crippen molar-refractivity contribution in [3.8, 4) is 17.3 Å². The van der Waals surface area contributed by atoms with Gasteiger partial charge >= 0.3 is 6.09 Å². The number of nitrogen functional groups attached to an aromatic ring is 1. The Morgan fingerprint density at radius 2 is 2.06 bits per heavy atom. The molecule has 0 aromatic carbocycles. The SMILES string of the molecule is CCn1c(-c2nonc2N)nc2c(Cl)ncc(OCC[C@@H](NC(=O)OC(C)(C)C)C(C)C)c21. The van der Waals surface area contributed by atoms with Crippen LogP contribution < -0.4 is 15.8 Å². The van der Waals surface area contributed by atoms with Gasteiger partial charge in [0.2, 0.25) is 0 Å². The number of aryl methyl sites for hydroxylation is 1. The second-order valence-corrected chi connectivity index (χ2v) is 9.28. The lowest BCUT2D eigenvalue weighted by Crippen LogP contribution is -2.42. The van der Waals surface area contributed by atoms with E-state index < -0.39 is 11.7 Å². The normalized spacial score (nSPS) is 12.8. The van der Waals surface area contributed by atoms with Crippen molar-refractivity contribution in [3.63, 3.8) is 0 Å². The number of alkyl carbamates (subject to hydrolysis) is 1. The van der Waals surface area contributed by atoms with Crippen molar-refractivity contribution in [2.45, 2.75) is 66.2 Å². The van der Waals surface area contributed by atoms with E-state index >= 15 is 0 Å². The van der Waals surface area contributed by atoms with E-state index in [9.17, 15) is 4.79 Å². The van der Waals surface area contributed by atoms with Gasteiger partial charge < -0.3 is 25.1 Å². The highest BCUT2D eigenvalue weighted by Crippen LogP contribution is 2.34. The number of halogens is 1. The first kappa shape index (κ1) is 24.6. The Morgan fingerprint density at radius 1 is 1.33 bits per heavy atom. The van der Waals surface area contributed by atoms with Gasteiger partial charge in [0.25, 0.3) is 0 Å². The Bertz CT molecular complexity index is 1120. The van der Waals surface area contributed by atoms with Crippen LogP contribution in [0, 0.1) is 5.92 Å². The van der Waals surface area contributed by atoms with Crippen molar-refractivity contribution < 1.29 is 18.9 Å². The number of ether oxygens (including phenoxy) is 2. The van der Waals surface area contributed by atoms with Gasteiger partial charge in [0, 0.05) is 19.0 Å². The number of fused-ring (bicyclic) bond motifs is 1. The van der Waals surface area contributed by atoms with Gasteiger partial charge in [-0.3, -0.25) is 0 Å². The molecule has 33 heavy (non-hydrogen) atoms. The molecule has 3 aromatic heterocycles. The van der Waals surface area contributed by atoms with Gasteiger partial charge in [0.15, 0.2) is 28.2 Å². The number of hydrogen-bond donors (Lipinski definition) is 2. The number of nitrogens with two attached hydrogens (primary N) is 1. The molecule has 0 saturated heterocycles. The number of aromatic nitrogens is 5. The van der Waals surface area contributed by atoms with Gasteiger partial charge in [-0.25, -0.2) is 19.4 Å². The quantitative estimate of drug-likeness (QED) is 0.457. The molecule has 11 nitrogen and oxygen atoms in total. The summed E-state index contributed by atoms with van der Waals surface area (Å²) in [5, 5.41) is 10.6. The summed E-state index contributed by atoms with van der Waals surface area (Å²) in [6, 6.07) is -0.136. The van der Waals surface area contributed by atoms with E-state index in [1.54, 1.807) is 6.20 Å². The van der Waals surface area contributed by atoms with E-state index in [1.807, 2.05) is 46.1 Å². The van der Waals surface area contributed by atoms with Gasteiger partial charge in [0.05, 0.1) is 12.8 Å². The molecule has 0 fully saturated rings. The molecule has 0 aliphatic rings. The minimum Gasteiger partial charge on any atom is -0.490 e. The van der Waals surface area contributed by atoms with Crippen LogP contribution in [0.25, 0.3) is 22.6 Å². The summed E-state index contributed by atoms with van der Waals surface area (Å²) in [5.41, 5.74) is 6.74. The summed E-state index contributed by atoms with van der Waals surface area (Å²) in [6.07, 6.45) is 1.66. The number of pyridine rings is 1. The molecule has 12 heteroatoms. The van der Waals surface area contributed by atoms with Crippen LogP contribution in [0.3, 0.4) is 0 Å². The molecule has 3 aromatic rings. The Balaban J connectivity index is 1.81. The summed E-state index contributed by atoms with van der Waals surface area (Å²) in [5.74, 6) is 1.27. The van der Waals surface area contributed by atoms with Crippen molar-refractivity contribution in [1.29, 1.82) is 0 Å². The lowest BCUT2D eigenvalue weighted by Gasteiger charge is -2.25. The number of nitrogens with one attached hydrogen (secondary N) is 1. The Morgan fingerprint density at radius 3 is 2.64 bits per heavy atom. The second kappa shape index (κ2) is 9.82. The fraction of sp³-hybridized carbons (Fsp3) is 0.571. The lowest BCUT2D eigenvalue weighted by molar-refractivity contribution is 0.0482. The Labute approximate surface area is 196 Å². The average molecular weight is 480 g/mol. The number of carbonyl (C=O) groups excluding carboxylic acids is 1. The highest BCUT2D eigenvalue weighted by atomic mass is 35.5. The van der Waals surface area contributed by atoms with Gasteiger partial charge in [-0.15, -0.1) is 0 Å². The number of hydrogen-bond acceptors (Lipinski definition) is 9. The fourth-order valence-electron chi connectivity index (χ4n) is 3.36. The van der Waals surface area contributed by atoms with Crippen LogP contribution in [0.2, 0.25) is 5.15 Å². The average Bonchev–Trinajstić information content (AvgIpc) is 3.30. The Kier molecular flexibility index (Phi) is 7.31. The summed E-state index contributed by atoms with van der Waals surface area (Å²) in [6.45, 7) is 12.4. The number of rotatable bonds is 8. The van der Waals surface area contributed by atoms with Crippen LogP contribution in [-0.4, -0.2) is 49.2 Å². The van der Waals surface area contributed by atoms with Gasteiger partial charge in [0.1, 0.15) is 16.6 Å². The number of anilines is 1. The molecule has 0 spiro atoms.